The lowest BCUT2D eigenvalue weighted by Gasteiger charge is -2.11. The molecule has 2 aromatic rings. The van der Waals surface area contributed by atoms with Gasteiger partial charge in [0.15, 0.2) is 11.0 Å². The number of ether oxygens (including phenoxy) is 1. The van der Waals surface area contributed by atoms with Crippen LogP contribution < -0.4 is 10.1 Å². The Bertz CT molecular complexity index is 735. The monoisotopic (exact) mass is 364 g/mol. The van der Waals surface area contributed by atoms with Gasteiger partial charge in [-0.3, -0.25) is 9.48 Å². The number of nitrogens with one attached hydrogen (secondary N) is 1. The van der Waals surface area contributed by atoms with Gasteiger partial charge in [-0.25, -0.2) is 0 Å². The van der Waals surface area contributed by atoms with Crippen LogP contribution in [0.25, 0.3) is 11.4 Å². The van der Waals surface area contributed by atoms with E-state index in [-0.39, 0.29) is 5.91 Å². The van der Waals surface area contributed by atoms with Crippen LogP contribution in [0.1, 0.15) is 32.6 Å². The van der Waals surface area contributed by atoms with Crippen LogP contribution in [0.4, 0.5) is 0 Å². The lowest BCUT2D eigenvalue weighted by molar-refractivity contribution is -0.119. The molecule has 136 valence electrons. The normalized spacial score (nSPS) is 14.8. The van der Waals surface area contributed by atoms with Crippen molar-refractivity contribution in [3.8, 4) is 17.3 Å². The highest BCUT2D eigenvalue weighted by atomic mass is 32.2. The Morgan fingerprint density at radius 2 is 2.16 bits per heavy atom. The van der Waals surface area contributed by atoms with Crippen molar-refractivity contribution in [1.29, 1.82) is 0 Å². The van der Waals surface area contributed by atoms with Crippen molar-refractivity contribution < 1.29 is 9.53 Å². The summed E-state index contributed by atoms with van der Waals surface area (Å²) in [6.45, 7) is 2.73. The standard InChI is InChI=1S/C16H24N6O2S/c1-4-22-14(12-9-21(2)20-15(12)24-3)18-19-16(22)25-10-13(23)17-11-7-5-6-8-11/h9,11H,4-8,10H2,1-3H3,(H,17,23). The summed E-state index contributed by atoms with van der Waals surface area (Å²) in [4.78, 5) is 12.1. The van der Waals surface area contributed by atoms with Gasteiger partial charge in [0.1, 0.15) is 5.56 Å². The maximum absolute atomic E-state index is 12.1. The lowest BCUT2D eigenvalue weighted by Crippen LogP contribution is -2.33. The largest absolute Gasteiger partial charge is 0.479 e. The molecule has 9 heteroatoms. The van der Waals surface area contributed by atoms with Crippen molar-refractivity contribution in [2.45, 2.75) is 50.4 Å². The van der Waals surface area contributed by atoms with Crippen LogP contribution in [-0.4, -0.2) is 49.4 Å². The molecule has 3 rings (SSSR count). The maximum Gasteiger partial charge on any atom is 0.243 e. The minimum atomic E-state index is 0.0584. The predicted molar refractivity (Wildman–Crippen MR) is 95.6 cm³/mol. The van der Waals surface area contributed by atoms with Crippen LogP contribution >= 0.6 is 11.8 Å². The molecule has 1 aliphatic carbocycles. The Kier molecular flexibility index (Phi) is 5.62. The third kappa shape index (κ3) is 3.97. The smallest absolute Gasteiger partial charge is 0.243 e. The van der Waals surface area contributed by atoms with Crippen molar-refractivity contribution in [2.24, 2.45) is 7.05 Å². The summed E-state index contributed by atoms with van der Waals surface area (Å²) in [5, 5.41) is 16.6. The van der Waals surface area contributed by atoms with Gasteiger partial charge in [0.25, 0.3) is 0 Å². The molecule has 0 atom stereocenters. The second-order valence-corrected chi connectivity index (χ2v) is 7.06. The minimum Gasteiger partial charge on any atom is -0.479 e. The third-order valence-electron chi connectivity index (χ3n) is 4.31. The molecule has 0 aliphatic heterocycles. The molecule has 2 aromatic heterocycles. The van der Waals surface area contributed by atoms with E-state index in [1.165, 1.54) is 24.6 Å². The zero-order valence-corrected chi connectivity index (χ0v) is 15.7. The van der Waals surface area contributed by atoms with Gasteiger partial charge < -0.3 is 14.6 Å². The van der Waals surface area contributed by atoms with E-state index in [9.17, 15) is 4.79 Å². The van der Waals surface area contributed by atoms with Gasteiger partial charge in [0.2, 0.25) is 11.8 Å². The van der Waals surface area contributed by atoms with E-state index in [2.05, 4.69) is 20.6 Å². The van der Waals surface area contributed by atoms with Crippen molar-refractivity contribution in [3.05, 3.63) is 6.20 Å². The summed E-state index contributed by atoms with van der Waals surface area (Å²) in [5.41, 5.74) is 0.793. The molecule has 0 radical (unpaired) electrons. The average Bonchev–Trinajstić information content (AvgIpc) is 3.31. The number of aryl methyl sites for hydroxylation is 1. The summed E-state index contributed by atoms with van der Waals surface area (Å²) in [5.74, 6) is 1.62. The number of carbonyl (C=O) groups is 1. The van der Waals surface area contributed by atoms with Crippen LogP contribution in [0, 0.1) is 0 Å². The Morgan fingerprint density at radius 1 is 1.40 bits per heavy atom. The van der Waals surface area contributed by atoms with Crippen LogP contribution in [0.2, 0.25) is 0 Å². The van der Waals surface area contributed by atoms with Gasteiger partial charge in [-0.2, -0.15) is 0 Å². The second kappa shape index (κ2) is 7.90. The third-order valence-corrected chi connectivity index (χ3v) is 5.28. The lowest BCUT2D eigenvalue weighted by atomic mass is 10.2. The van der Waals surface area contributed by atoms with E-state index >= 15 is 0 Å². The van der Waals surface area contributed by atoms with Gasteiger partial charge in [-0.05, 0) is 19.8 Å². The summed E-state index contributed by atoms with van der Waals surface area (Å²) < 4.78 is 8.98. The van der Waals surface area contributed by atoms with Crippen molar-refractivity contribution >= 4 is 17.7 Å². The number of aromatic nitrogens is 5. The van der Waals surface area contributed by atoms with E-state index in [1.54, 1.807) is 11.8 Å². The molecule has 1 fully saturated rings. The SMILES string of the molecule is CCn1c(SCC(=O)NC2CCCC2)nnc1-c1cn(C)nc1OC. The highest BCUT2D eigenvalue weighted by molar-refractivity contribution is 7.99. The first-order valence-corrected chi connectivity index (χ1v) is 9.54. The van der Waals surface area contributed by atoms with E-state index in [0.717, 1.165) is 23.6 Å². The number of methoxy groups -OCH3 is 1. The topological polar surface area (TPSA) is 86.9 Å². The van der Waals surface area contributed by atoms with Crippen molar-refractivity contribution in [2.75, 3.05) is 12.9 Å². The van der Waals surface area contributed by atoms with Gasteiger partial charge in [0, 0.05) is 25.8 Å². The fourth-order valence-corrected chi connectivity index (χ4v) is 3.94. The molecule has 1 aliphatic rings. The summed E-state index contributed by atoms with van der Waals surface area (Å²) >= 11 is 1.41. The Hall–Kier alpha value is -2.03. The van der Waals surface area contributed by atoms with Gasteiger partial charge in [-0.1, -0.05) is 24.6 Å². The zero-order chi connectivity index (χ0) is 17.8. The Morgan fingerprint density at radius 3 is 2.84 bits per heavy atom. The summed E-state index contributed by atoms with van der Waals surface area (Å²) in [7, 11) is 3.42. The Labute approximate surface area is 151 Å². The fraction of sp³-hybridized carbons (Fsp3) is 0.625. The first-order chi connectivity index (χ1) is 12.1. The van der Waals surface area contributed by atoms with Crippen LogP contribution in [0.3, 0.4) is 0 Å². The number of carbonyl (C=O) groups excluding carboxylic acids is 1. The molecule has 1 N–H and O–H groups in total. The quantitative estimate of drug-likeness (QED) is 0.755. The number of nitrogens with zero attached hydrogens (tertiary/aromatic N) is 5. The molecule has 0 bridgehead atoms. The van der Waals surface area contributed by atoms with Crippen LogP contribution in [0.15, 0.2) is 11.4 Å². The predicted octanol–water partition coefficient (Wildman–Crippen LogP) is 1.86. The first kappa shape index (κ1) is 17.8. The van der Waals surface area contributed by atoms with E-state index in [1.807, 2.05) is 24.7 Å². The molecule has 8 nitrogen and oxygen atoms in total. The molecule has 0 unspecified atom stereocenters. The average molecular weight is 364 g/mol. The van der Waals surface area contributed by atoms with Gasteiger partial charge >= 0.3 is 0 Å². The van der Waals surface area contributed by atoms with Gasteiger partial charge in [-0.15, -0.1) is 15.3 Å². The number of rotatable bonds is 7. The molecule has 2 heterocycles. The molecule has 0 saturated heterocycles. The highest BCUT2D eigenvalue weighted by Crippen LogP contribution is 2.29. The number of amides is 1. The molecule has 25 heavy (non-hydrogen) atoms. The van der Waals surface area contributed by atoms with E-state index in [4.69, 9.17) is 4.74 Å². The molecule has 1 amide bonds. The maximum atomic E-state index is 12.1. The van der Waals surface area contributed by atoms with E-state index < -0.39 is 0 Å². The molecule has 0 aromatic carbocycles. The first-order valence-electron chi connectivity index (χ1n) is 8.55. The molecular weight excluding hydrogens is 340 g/mol. The molecular formula is C16H24N6O2S. The Balaban J connectivity index is 1.70. The number of hydrogen-bond acceptors (Lipinski definition) is 6. The van der Waals surface area contributed by atoms with Crippen LogP contribution in [0.5, 0.6) is 5.88 Å². The zero-order valence-electron chi connectivity index (χ0n) is 14.9. The van der Waals surface area contributed by atoms with Crippen LogP contribution in [-0.2, 0) is 18.4 Å². The minimum absolute atomic E-state index is 0.0584. The number of thioether (sulfide) groups is 1. The second-order valence-electron chi connectivity index (χ2n) is 6.11. The molecule has 0 spiro atoms. The van der Waals surface area contributed by atoms with Gasteiger partial charge in [0.05, 0.1) is 12.9 Å². The highest BCUT2D eigenvalue weighted by Gasteiger charge is 2.21. The van der Waals surface area contributed by atoms with Crippen molar-refractivity contribution in [1.82, 2.24) is 29.9 Å². The van der Waals surface area contributed by atoms with E-state index in [0.29, 0.717) is 30.0 Å². The molecule has 1 saturated carbocycles. The fourth-order valence-electron chi connectivity index (χ4n) is 3.12. The summed E-state index contributed by atoms with van der Waals surface area (Å²) in [6, 6.07) is 0.340. The van der Waals surface area contributed by atoms with Crippen molar-refractivity contribution in [3.63, 3.8) is 0 Å². The summed E-state index contributed by atoms with van der Waals surface area (Å²) in [6.07, 6.45) is 6.45. The number of hydrogen-bond donors (Lipinski definition) is 1.